The van der Waals surface area contributed by atoms with Crippen LogP contribution in [0.1, 0.15) is 15.9 Å². The monoisotopic (exact) mass is 387 g/mol. The van der Waals surface area contributed by atoms with Crippen molar-refractivity contribution in [2.75, 3.05) is 30.9 Å². The maximum Gasteiger partial charge on any atom is 0.261 e. The second kappa shape index (κ2) is 7.79. The number of benzene rings is 2. The Bertz CT molecular complexity index is 934. The van der Waals surface area contributed by atoms with E-state index in [0.717, 1.165) is 12.0 Å². The van der Waals surface area contributed by atoms with E-state index in [-0.39, 0.29) is 10.8 Å². The van der Waals surface area contributed by atoms with E-state index in [1.54, 1.807) is 21.9 Å². The van der Waals surface area contributed by atoms with Crippen LogP contribution >= 0.6 is 0 Å². The molecule has 0 saturated carbocycles. The quantitative estimate of drug-likeness (QED) is 0.792. The Morgan fingerprint density at radius 2 is 1.63 bits per heavy atom. The summed E-state index contributed by atoms with van der Waals surface area (Å²) in [6.07, 6.45) is 0.781. The van der Waals surface area contributed by atoms with Crippen molar-refractivity contribution < 1.29 is 18.0 Å². The predicted octanol–water partition coefficient (Wildman–Crippen LogP) is 1.71. The molecule has 3 rings (SSSR count). The molecule has 0 aliphatic carbocycles. The van der Waals surface area contributed by atoms with Gasteiger partial charge >= 0.3 is 0 Å². The molecular weight excluding hydrogens is 366 g/mol. The number of carbonyl (C=O) groups is 2. The van der Waals surface area contributed by atoms with Gasteiger partial charge in [-0.25, -0.2) is 8.42 Å². The van der Waals surface area contributed by atoms with Crippen molar-refractivity contribution in [1.29, 1.82) is 0 Å². The van der Waals surface area contributed by atoms with Crippen LogP contribution in [0.3, 0.4) is 0 Å². The zero-order valence-corrected chi connectivity index (χ0v) is 15.8. The van der Waals surface area contributed by atoms with Crippen LogP contribution in [0.25, 0.3) is 0 Å². The fraction of sp³-hybridized carbons (Fsp3) is 0.263. The van der Waals surface area contributed by atoms with Crippen LogP contribution in [0.2, 0.25) is 0 Å². The largest absolute Gasteiger partial charge is 0.342 e. The summed E-state index contributed by atoms with van der Waals surface area (Å²) in [7, 11) is -3.73. The van der Waals surface area contributed by atoms with Crippen molar-refractivity contribution in [3.05, 3.63) is 59.7 Å². The van der Waals surface area contributed by atoms with Crippen LogP contribution in [0.15, 0.2) is 53.4 Å². The summed E-state index contributed by atoms with van der Waals surface area (Å²) in [5, 5.41) is 0. The van der Waals surface area contributed by atoms with Gasteiger partial charge in [-0.1, -0.05) is 18.2 Å². The minimum absolute atomic E-state index is 0.0908. The van der Waals surface area contributed by atoms with E-state index in [0.29, 0.717) is 37.4 Å². The maximum absolute atomic E-state index is 12.6. The van der Waals surface area contributed by atoms with Gasteiger partial charge in [0.1, 0.15) is 0 Å². The van der Waals surface area contributed by atoms with E-state index >= 15 is 0 Å². The number of rotatable bonds is 5. The van der Waals surface area contributed by atoms with Gasteiger partial charge in [-0.3, -0.25) is 14.3 Å². The molecule has 1 N–H and O–H groups in total. The molecule has 0 bridgehead atoms. The van der Waals surface area contributed by atoms with Gasteiger partial charge in [-0.05, 0) is 42.8 Å². The van der Waals surface area contributed by atoms with E-state index in [1.807, 2.05) is 19.1 Å². The Hall–Kier alpha value is -2.87. The van der Waals surface area contributed by atoms with Crippen LogP contribution in [0, 0.1) is 6.92 Å². The highest BCUT2D eigenvalue weighted by atomic mass is 32.2. The molecule has 0 aromatic heterocycles. The number of aryl methyl sites for hydroxylation is 1. The van der Waals surface area contributed by atoms with Gasteiger partial charge in [0.05, 0.1) is 10.6 Å². The van der Waals surface area contributed by atoms with Crippen LogP contribution in [0.4, 0.5) is 5.69 Å². The minimum Gasteiger partial charge on any atom is -0.342 e. The summed E-state index contributed by atoms with van der Waals surface area (Å²) >= 11 is 0. The maximum atomic E-state index is 12.6. The Labute approximate surface area is 158 Å². The molecule has 1 aliphatic heterocycles. The number of amides is 2. The van der Waals surface area contributed by atoms with E-state index in [2.05, 4.69) is 4.72 Å². The normalized spacial score (nSPS) is 14.7. The first-order chi connectivity index (χ1) is 12.9. The lowest BCUT2D eigenvalue weighted by atomic mass is 10.2. The van der Waals surface area contributed by atoms with E-state index in [4.69, 9.17) is 0 Å². The van der Waals surface area contributed by atoms with E-state index in [1.165, 1.54) is 24.3 Å². The van der Waals surface area contributed by atoms with Crippen molar-refractivity contribution in [1.82, 2.24) is 9.80 Å². The van der Waals surface area contributed by atoms with Crippen molar-refractivity contribution in [2.45, 2.75) is 11.8 Å². The molecule has 2 amide bonds. The first-order valence-electron chi connectivity index (χ1n) is 8.58. The molecular formula is C19H21N3O4S. The third-order valence-electron chi connectivity index (χ3n) is 4.55. The highest BCUT2D eigenvalue weighted by Crippen LogP contribution is 2.20. The Morgan fingerprint density at radius 1 is 1.00 bits per heavy atom. The Kier molecular flexibility index (Phi) is 5.46. The lowest BCUT2D eigenvalue weighted by molar-refractivity contribution is -0.119. The van der Waals surface area contributed by atoms with Gasteiger partial charge in [-0.15, -0.1) is 0 Å². The SMILES string of the molecule is Cc1ccccc1NS(=O)(=O)c1ccc(C(=O)N2CCN(C=O)CC2)cc1. The predicted molar refractivity (Wildman–Crippen MR) is 102 cm³/mol. The zero-order chi connectivity index (χ0) is 19.4. The molecule has 0 radical (unpaired) electrons. The number of piperazine rings is 1. The molecule has 0 unspecified atom stereocenters. The third-order valence-corrected chi connectivity index (χ3v) is 5.93. The molecule has 142 valence electrons. The average Bonchev–Trinajstić information content (AvgIpc) is 2.69. The molecule has 27 heavy (non-hydrogen) atoms. The first kappa shape index (κ1) is 18.9. The number of carbonyl (C=O) groups excluding carboxylic acids is 2. The van der Waals surface area contributed by atoms with Crippen molar-refractivity contribution in [3.63, 3.8) is 0 Å². The van der Waals surface area contributed by atoms with Crippen molar-refractivity contribution >= 4 is 28.0 Å². The molecule has 1 saturated heterocycles. The number of nitrogens with zero attached hydrogens (tertiary/aromatic N) is 2. The zero-order valence-electron chi connectivity index (χ0n) is 15.0. The Morgan fingerprint density at radius 3 is 2.22 bits per heavy atom. The van der Waals surface area contributed by atoms with Gasteiger partial charge in [0.2, 0.25) is 6.41 Å². The van der Waals surface area contributed by atoms with Crippen molar-refractivity contribution in [3.8, 4) is 0 Å². The van der Waals surface area contributed by atoms with E-state index in [9.17, 15) is 18.0 Å². The number of sulfonamides is 1. The smallest absolute Gasteiger partial charge is 0.261 e. The number of nitrogens with one attached hydrogen (secondary N) is 1. The van der Waals surface area contributed by atoms with Gasteiger partial charge in [-0.2, -0.15) is 0 Å². The van der Waals surface area contributed by atoms with Crippen LogP contribution in [-0.4, -0.2) is 56.7 Å². The third kappa shape index (κ3) is 4.28. The van der Waals surface area contributed by atoms with E-state index < -0.39 is 10.0 Å². The van der Waals surface area contributed by atoms with Crippen molar-refractivity contribution in [2.24, 2.45) is 0 Å². The first-order valence-corrected chi connectivity index (χ1v) is 10.1. The fourth-order valence-corrected chi connectivity index (χ4v) is 4.01. The highest BCUT2D eigenvalue weighted by Gasteiger charge is 2.22. The molecule has 1 heterocycles. The summed E-state index contributed by atoms with van der Waals surface area (Å²) in [5.74, 6) is -0.170. The topological polar surface area (TPSA) is 86.8 Å². The molecule has 8 heteroatoms. The highest BCUT2D eigenvalue weighted by molar-refractivity contribution is 7.92. The Balaban J connectivity index is 1.72. The molecule has 0 spiro atoms. The van der Waals surface area contributed by atoms with Gasteiger partial charge in [0, 0.05) is 31.7 Å². The summed E-state index contributed by atoms with van der Waals surface area (Å²) in [5.41, 5.74) is 1.76. The molecule has 1 aliphatic rings. The molecule has 1 fully saturated rings. The lowest BCUT2D eigenvalue weighted by Gasteiger charge is -2.32. The summed E-state index contributed by atoms with van der Waals surface area (Å²) in [6.45, 7) is 3.76. The summed E-state index contributed by atoms with van der Waals surface area (Å²) in [4.78, 5) is 26.7. The number of hydrogen-bond donors (Lipinski definition) is 1. The van der Waals surface area contributed by atoms with Gasteiger partial charge in [0.25, 0.3) is 15.9 Å². The number of para-hydroxylation sites is 1. The summed E-state index contributed by atoms with van der Waals surface area (Å²) < 4.78 is 27.7. The fourth-order valence-electron chi connectivity index (χ4n) is 2.88. The average molecular weight is 387 g/mol. The molecule has 0 atom stereocenters. The minimum atomic E-state index is -3.73. The number of hydrogen-bond acceptors (Lipinski definition) is 4. The molecule has 2 aromatic carbocycles. The number of anilines is 1. The molecule has 7 nitrogen and oxygen atoms in total. The van der Waals surface area contributed by atoms with Crippen LogP contribution < -0.4 is 4.72 Å². The summed E-state index contributed by atoms with van der Waals surface area (Å²) in [6, 6.07) is 13.0. The molecule has 2 aromatic rings. The lowest BCUT2D eigenvalue weighted by Crippen LogP contribution is -2.48. The van der Waals surface area contributed by atoms with Gasteiger partial charge in [0.15, 0.2) is 0 Å². The standard InChI is InChI=1S/C19H21N3O4S/c1-15-4-2-3-5-18(15)20-27(25,26)17-8-6-16(7-9-17)19(24)22-12-10-21(14-23)11-13-22/h2-9,14,20H,10-13H2,1H3. The van der Waals surface area contributed by atoms with Crippen LogP contribution in [-0.2, 0) is 14.8 Å². The second-order valence-corrected chi connectivity index (χ2v) is 8.06. The second-order valence-electron chi connectivity index (χ2n) is 6.38. The van der Waals surface area contributed by atoms with Gasteiger partial charge < -0.3 is 9.80 Å². The van der Waals surface area contributed by atoms with Crippen LogP contribution in [0.5, 0.6) is 0 Å².